The van der Waals surface area contributed by atoms with E-state index in [1.54, 1.807) is 0 Å². The summed E-state index contributed by atoms with van der Waals surface area (Å²) in [7, 11) is 0. The molecule has 2 heteroatoms. The number of hydrogen-bond acceptors (Lipinski definition) is 2. The molecule has 1 aliphatic heterocycles. The Balaban J connectivity index is 1.56. The summed E-state index contributed by atoms with van der Waals surface area (Å²) in [6.45, 7) is 6.86. The Morgan fingerprint density at radius 1 is 1.35 bits per heavy atom. The van der Waals surface area contributed by atoms with Crippen LogP contribution in [-0.2, 0) is 6.42 Å². The van der Waals surface area contributed by atoms with Gasteiger partial charge in [-0.15, -0.1) is 0 Å². The third kappa shape index (κ3) is 4.49. The van der Waals surface area contributed by atoms with Crippen molar-refractivity contribution >= 4 is 0 Å². The molecule has 0 bridgehead atoms. The minimum absolute atomic E-state index is 0.904. The van der Waals surface area contributed by atoms with Crippen LogP contribution in [-0.4, -0.2) is 26.2 Å². The highest BCUT2D eigenvalue weighted by atomic mass is 14.9. The van der Waals surface area contributed by atoms with E-state index >= 15 is 0 Å². The Bertz CT molecular complexity index is 329. The van der Waals surface area contributed by atoms with Crippen molar-refractivity contribution in [2.75, 3.05) is 26.2 Å². The van der Waals surface area contributed by atoms with E-state index in [1.165, 1.54) is 37.1 Å². The third-order valence-electron chi connectivity index (χ3n) is 3.56. The number of nitrogens with one attached hydrogen (secondary N) is 2. The first-order valence-corrected chi connectivity index (χ1v) is 6.81. The Kier molecular flexibility index (Phi) is 5.02. The SMILES string of the molecule is Cc1cccc(CCNCCC2CCNC2)c1. The summed E-state index contributed by atoms with van der Waals surface area (Å²) >= 11 is 0. The molecule has 94 valence electrons. The second-order valence-electron chi connectivity index (χ2n) is 5.14. The van der Waals surface area contributed by atoms with Gasteiger partial charge in [0.2, 0.25) is 0 Å². The molecule has 0 spiro atoms. The molecule has 0 radical (unpaired) electrons. The zero-order chi connectivity index (χ0) is 11.9. The summed E-state index contributed by atoms with van der Waals surface area (Å²) < 4.78 is 0. The highest BCUT2D eigenvalue weighted by Crippen LogP contribution is 2.10. The zero-order valence-electron chi connectivity index (χ0n) is 10.8. The van der Waals surface area contributed by atoms with Gasteiger partial charge in [0, 0.05) is 0 Å². The minimum atomic E-state index is 0.904. The molecule has 1 heterocycles. The summed E-state index contributed by atoms with van der Waals surface area (Å²) in [5.41, 5.74) is 2.81. The second-order valence-corrected chi connectivity index (χ2v) is 5.14. The highest BCUT2D eigenvalue weighted by molar-refractivity contribution is 5.22. The lowest BCUT2D eigenvalue weighted by molar-refractivity contribution is 0.501. The van der Waals surface area contributed by atoms with Gasteiger partial charge in [-0.05, 0) is 63.8 Å². The molecule has 0 amide bonds. The van der Waals surface area contributed by atoms with Crippen molar-refractivity contribution in [2.24, 2.45) is 5.92 Å². The molecular weight excluding hydrogens is 208 g/mol. The lowest BCUT2D eigenvalue weighted by Crippen LogP contribution is -2.21. The van der Waals surface area contributed by atoms with Crippen LogP contribution >= 0.6 is 0 Å². The van der Waals surface area contributed by atoms with Gasteiger partial charge in [0.05, 0.1) is 0 Å². The van der Waals surface area contributed by atoms with E-state index in [-0.39, 0.29) is 0 Å². The van der Waals surface area contributed by atoms with Crippen molar-refractivity contribution in [1.29, 1.82) is 0 Å². The average Bonchev–Trinajstić information content (AvgIpc) is 2.82. The number of rotatable bonds is 6. The van der Waals surface area contributed by atoms with Gasteiger partial charge in [-0.25, -0.2) is 0 Å². The van der Waals surface area contributed by atoms with Gasteiger partial charge < -0.3 is 10.6 Å². The van der Waals surface area contributed by atoms with Crippen molar-refractivity contribution in [2.45, 2.75) is 26.2 Å². The van der Waals surface area contributed by atoms with Crippen LogP contribution in [0.5, 0.6) is 0 Å². The smallest absolute Gasteiger partial charge is 0.000835 e. The predicted molar refractivity (Wildman–Crippen MR) is 73.3 cm³/mol. The molecule has 0 aromatic heterocycles. The molecule has 1 fully saturated rings. The van der Waals surface area contributed by atoms with E-state index in [0.29, 0.717) is 0 Å². The molecule has 1 saturated heterocycles. The zero-order valence-corrected chi connectivity index (χ0v) is 10.8. The Morgan fingerprint density at radius 3 is 3.06 bits per heavy atom. The van der Waals surface area contributed by atoms with E-state index in [0.717, 1.165) is 25.4 Å². The van der Waals surface area contributed by atoms with Crippen LogP contribution in [0.2, 0.25) is 0 Å². The summed E-state index contributed by atoms with van der Waals surface area (Å²) in [6.07, 6.45) is 3.82. The maximum Gasteiger partial charge on any atom is -0.000835 e. The molecular formula is C15H24N2. The molecule has 1 atom stereocenters. The van der Waals surface area contributed by atoms with Crippen LogP contribution in [0.4, 0.5) is 0 Å². The molecule has 0 aliphatic carbocycles. The van der Waals surface area contributed by atoms with Gasteiger partial charge in [0.1, 0.15) is 0 Å². The molecule has 2 N–H and O–H groups in total. The van der Waals surface area contributed by atoms with Crippen molar-refractivity contribution < 1.29 is 0 Å². The fraction of sp³-hybridized carbons (Fsp3) is 0.600. The van der Waals surface area contributed by atoms with Gasteiger partial charge in [-0.1, -0.05) is 29.8 Å². The topological polar surface area (TPSA) is 24.1 Å². The van der Waals surface area contributed by atoms with Crippen LogP contribution in [0.25, 0.3) is 0 Å². The molecule has 1 aromatic carbocycles. The van der Waals surface area contributed by atoms with E-state index in [1.807, 2.05) is 0 Å². The average molecular weight is 232 g/mol. The van der Waals surface area contributed by atoms with Crippen LogP contribution in [0.1, 0.15) is 24.0 Å². The maximum atomic E-state index is 3.55. The van der Waals surface area contributed by atoms with Crippen LogP contribution in [0.15, 0.2) is 24.3 Å². The molecule has 1 aromatic rings. The molecule has 1 aliphatic rings. The van der Waals surface area contributed by atoms with E-state index in [2.05, 4.69) is 41.8 Å². The number of hydrogen-bond donors (Lipinski definition) is 2. The van der Waals surface area contributed by atoms with Gasteiger partial charge >= 0.3 is 0 Å². The Morgan fingerprint density at radius 2 is 2.29 bits per heavy atom. The summed E-state index contributed by atoms with van der Waals surface area (Å²) in [4.78, 5) is 0. The van der Waals surface area contributed by atoms with E-state index in [9.17, 15) is 0 Å². The van der Waals surface area contributed by atoms with Crippen LogP contribution < -0.4 is 10.6 Å². The standard InChI is InChI=1S/C15H24N2/c1-13-3-2-4-14(11-13)5-8-16-9-6-15-7-10-17-12-15/h2-4,11,15-17H,5-10,12H2,1H3. The fourth-order valence-electron chi connectivity index (χ4n) is 2.49. The van der Waals surface area contributed by atoms with Gasteiger partial charge in [0.25, 0.3) is 0 Å². The molecule has 1 unspecified atom stereocenters. The number of aryl methyl sites for hydroxylation is 1. The van der Waals surface area contributed by atoms with Crippen LogP contribution in [0, 0.1) is 12.8 Å². The quantitative estimate of drug-likeness (QED) is 0.734. The second kappa shape index (κ2) is 6.77. The van der Waals surface area contributed by atoms with Gasteiger partial charge in [-0.2, -0.15) is 0 Å². The molecule has 17 heavy (non-hydrogen) atoms. The summed E-state index contributed by atoms with van der Waals surface area (Å²) in [5.74, 6) is 0.904. The maximum absolute atomic E-state index is 3.55. The van der Waals surface area contributed by atoms with Gasteiger partial charge in [0.15, 0.2) is 0 Å². The third-order valence-corrected chi connectivity index (χ3v) is 3.56. The Hall–Kier alpha value is -0.860. The minimum Gasteiger partial charge on any atom is -0.316 e. The molecule has 0 saturated carbocycles. The first kappa shape index (κ1) is 12.6. The van der Waals surface area contributed by atoms with Crippen molar-refractivity contribution in [3.05, 3.63) is 35.4 Å². The molecule has 2 rings (SSSR count). The normalized spacial score (nSPS) is 19.7. The first-order chi connectivity index (χ1) is 8.34. The fourth-order valence-corrected chi connectivity index (χ4v) is 2.49. The first-order valence-electron chi connectivity index (χ1n) is 6.81. The largest absolute Gasteiger partial charge is 0.316 e. The highest BCUT2D eigenvalue weighted by Gasteiger charge is 2.12. The summed E-state index contributed by atoms with van der Waals surface area (Å²) in [5, 5.41) is 6.97. The monoisotopic (exact) mass is 232 g/mol. The predicted octanol–water partition coefficient (Wildman–Crippen LogP) is 2.13. The van der Waals surface area contributed by atoms with E-state index < -0.39 is 0 Å². The van der Waals surface area contributed by atoms with Crippen LogP contribution in [0.3, 0.4) is 0 Å². The van der Waals surface area contributed by atoms with Crippen molar-refractivity contribution in [3.8, 4) is 0 Å². The molecule has 2 nitrogen and oxygen atoms in total. The summed E-state index contributed by atoms with van der Waals surface area (Å²) in [6, 6.07) is 8.80. The van der Waals surface area contributed by atoms with E-state index in [4.69, 9.17) is 0 Å². The lowest BCUT2D eigenvalue weighted by Gasteiger charge is -2.09. The lowest BCUT2D eigenvalue weighted by atomic mass is 10.1. The number of benzene rings is 1. The van der Waals surface area contributed by atoms with Crippen molar-refractivity contribution in [1.82, 2.24) is 10.6 Å². The van der Waals surface area contributed by atoms with Gasteiger partial charge in [-0.3, -0.25) is 0 Å². The Labute approximate surface area is 105 Å². The van der Waals surface area contributed by atoms with Crippen molar-refractivity contribution in [3.63, 3.8) is 0 Å².